The maximum atomic E-state index is 12.8. The Hall–Kier alpha value is -3.49. The van der Waals surface area contributed by atoms with Gasteiger partial charge in [0.15, 0.2) is 12.1 Å². The van der Waals surface area contributed by atoms with E-state index in [4.69, 9.17) is 14.2 Å². The molecule has 0 aromatic heterocycles. The summed E-state index contributed by atoms with van der Waals surface area (Å²) in [6.07, 6.45) is 66.4. The van der Waals surface area contributed by atoms with E-state index in [1.54, 1.807) is 0 Å². The molecule has 0 rings (SSSR count). The summed E-state index contributed by atoms with van der Waals surface area (Å²) in [5, 5.41) is 9.67. The van der Waals surface area contributed by atoms with Crippen LogP contribution in [0.4, 0.5) is 0 Å². The molecule has 2 atom stereocenters. The standard InChI is InChI=1S/C60H103NO7/c1-6-8-10-12-14-16-18-20-22-24-26-28-29-31-33-35-37-39-41-43-45-47-49-51-59(63)68-56(54-66-53-52-57(60(64)65)61(3,4)5)55-67-58(62)50-48-46-44-42-40-38-36-34-32-30-27-25-23-21-19-17-15-13-11-9-7-2/h15,17,21,23,26-28,30-31,33-34,36,40,42,56-57H,6-14,16,18-20,22,24-25,29,32,35,37-39,41,43-55H2,1-5H3/p+1/b17-15+,23-21+,28-26+,30-27+,33-31+,36-34+,42-40+. The molecule has 2 unspecified atom stereocenters. The van der Waals surface area contributed by atoms with Gasteiger partial charge in [-0.3, -0.25) is 9.59 Å². The molecule has 8 nitrogen and oxygen atoms in total. The number of carboxylic acid groups (broad SMARTS) is 1. The number of likely N-dealkylation sites (N-methyl/N-ethyl adjacent to an activating group) is 1. The Morgan fingerprint density at radius 2 is 0.779 bits per heavy atom. The lowest BCUT2D eigenvalue weighted by Gasteiger charge is -2.31. The van der Waals surface area contributed by atoms with Crippen molar-refractivity contribution in [3.05, 3.63) is 85.1 Å². The van der Waals surface area contributed by atoms with Crippen LogP contribution in [0.25, 0.3) is 0 Å². The van der Waals surface area contributed by atoms with Crippen LogP contribution >= 0.6 is 0 Å². The highest BCUT2D eigenvalue weighted by Crippen LogP contribution is 2.14. The molecule has 390 valence electrons. The van der Waals surface area contributed by atoms with Crippen LogP contribution in [0, 0.1) is 0 Å². The minimum atomic E-state index is -0.884. The van der Waals surface area contributed by atoms with Crippen molar-refractivity contribution in [3.8, 4) is 0 Å². The molecule has 0 spiro atoms. The molecular formula is C60H104NO7+. The summed E-state index contributed by atoms with van der Waals surface area (Å²) >= 11 is 0. The summed E-state index contributed by atoms with van der Waals surface area (Å²) in [4.78, 5) is 37.2. The molecule has 0 saturated heterocycles. The molecule has 0 aliphatic carbocycles. The third-order valence-corrected chi connectivity index (χ3v) is 12.0. The molecule has 0 bridgehead atoms. The fourth-order valence-electron chi connectivity index (χ4n) is 7.73. The zero-order valence-electron chi connectivity index (χ0n) is 44.5. The molecule has 0 fully saturated rings. The fraction of sp³-hybridized carbons (Fsp3) is 0.717. The van der Waals surface area contributed by atoms with Gasteiger partial charge in [0, 0.05) is 19.3 Å². The SMILES string of the molecule is CCCCC/C=C/C/C=C/C/C=C/C/C=C/C/C=C/CCCCC(=O)OCC(COCCC(C(=O)O)[N+](C)(C)C)OC(=O)CCCCCCCCC/C=C/C/C=C/CCCCCCCCCCC. The van der Waals surface area contributed by atoms with Gasteiger partial charge >= 0.3 is 17.9 Å². The lowest BCUT2D eigenvalue weighted by molar-refractivity contribution is -0.887. The third kappa shape index (κ3) is 47.6. The topological polar surface area (TPSA) is 99.1 Å². The average molecular weight is 951 g/mol. The van der Waals surface area contributed by atoms with E-state index >= 15 is 0 Å². The average Bonchev–Trinajstić information content (AvgIpc) is 3.30. The van der Waals surface area contributed by atoms with Crippen LogP contribution in [0.5, 0.6) is 0 Å². The predicted octanol–water partition coefficient (Wildman–Crippen LogP) is 16.4. The summed E-state index contributed by atoms with van der Waals surface area (Å²) in [6.45, 7) is 4.66. The number of aliphatic carboxylic acids is 1. The largest absolute Gasteiger partial charge is 0.477 e. The molecule has 0 saturated carbocycles. The number of quaternary nitrogens is 1. The van der Waals surface area contributed by atoms with Crippen molar-refractivity contribution in [3.63, 3.8) is 0 Å². The summed E-state index contributed by atoms with van der Waals surface area (Å²) in [6, 6.07) is -0.628. The van der Waals surface area contributed by atoms with Crippen LogP contribution in [0.2, 0.25) is 0 Å². The second kappa shape index (κ2) is 49.9. The monoisotopic (exact) mass is 951 g/mol. The van der Waals surface area contributed by atoms with Crippen LogP contribution in [-0.2, 0) is 28.6 Å². The van der Waals surface area contributed by atoms with Crippen LogP contribution in [0.3, 0.4) is 0 Å². The van der Waals surface area contributed by atoms with Crippen molar-refractivity contribution in [1.29, 1.82) is 0 Å². The maximum Gasteiger partial charge on any atom is 0.362 e. The molecule has 8 heteroatoms. The van der Waals surface area contributed by atoms with Crippen LogP contribution in [-0.4, -0.2) is 80.6 Å². The van der Waals surface area contributed by atoms with Crippen LogP contribution < -0.4 is 0 Å². The number of esters is 2. The van der Waals surface area contributed by atoms with Gasteiger partial charge in [-0.05, 0) is 96.3 Å². The molecule has 0 radical (unpaired) electrons. The van der Waals surface area contributed by atoms with Gasteiger partial charge in [0.25, 0.3) is 0 Å². The van der Waals surface area contributed by atoms with E-state index in [-0.39, 0.29) is 36.2 Å². The van der Waals surface area contributed by atoms with Gasteiger partial charge < -0.3 is 23.8 Å². The van der Waals surface area contributed by atoms with Crippen molar-refractivity contribution < 1.29 is 38.2 Å². The fourth-order valence-corrected chi connectivity index (χ4v) is 7.73. The first-order valence-electron chi connectivity index (χ1n) is 27.6. The maximum absolute atomic E-state index is 12.8. The number of unbranched alkanes of at least 4 members (excludes halogenated alkanes) is 21. The highest BCUT2D eigenvalue weighted by Gasteiger charge is 2.31. The Morgan fingerprint density at radius 3 is 1.21 bits per heavy atom. The highest BCUT2D eigenvalue weighted by molar-refractivity contribution is 5.72. The van der Waals surface area contributed by atoms with Crippen molar-refractivity contribution in [1.82, 2.24) is 0 Å². The quantitative estimate of drug-likeness (QED) is 0.0281. The lowest BCUT2D eigenvalue weighted by atomic mass is 10.1. The Balaban J connectivity index is 4.32. The number of allylic oxidation sites excluding steroid dienone is 14. The zero-order chi connectivity index (χ0) is 49.9. The second-order valence-corrected chi connectivity index (χ2v) is 19.5. The molecule has 0 amide bonds. The van der Waals surface area contributed by atoms with Gasteiger partial charge in [-0.1, -0.05) is 195 Å². The van der Waals surface area contributed by atoms with Crippen molar-refractivity contribution in [2.45, 2.75) is 238 Å². The van der Waals surface area contributed by atoms with E-state index in [2.05, 4.69) is 98.9 Å². The van der Waals surface area contributed by atoms with Gasteiger partial charge in [0.1, 0.15) is 6.61 Å². The van der Waals surface area contributed by atoms with E-state index in [0.717, 1.165) is 70.6 Å². The number of carbonyl (C=O) groups excluding carboxylic acids is 2. The van der Waals surface area contributed by atoms with Crippen molar-refractivity contribution >= 4 is 17.9 Å². The highest BCUT2D eigenvalue weighted by atomic mass is 16.6. The Morgan fingerprint density at radius 1 is 0.441 bits per heavy atom. The van der Waals surface area contributed by atoms with E-state index in [1.165, 1.54) is 116 Å². The Kier molecular flexibility index (Phi) is 47.4. The number of hydrogen-bond donors (Lipinski definition) is 1. The Labute approximate surface area is 418 Å². The molecule has 1 N–H and O–H groups in total. The third-order valence-electron chi connectivity index (χ3n) is 12.0. The lowest BCUT2D eigenvalue weighted by Crippen LogP contribution is -2.50. The Bertz CT molecular complexity index is 1380. The van der Waals surface area contributed by atoms with Crippen molar-refractivity contribution in [2.75, 3.05) is 41.0 Å². The molecule has 0 aliphatic rings. The molecule has 0 aliphatic heterocycles. The van der Waals surface area contributed by atoms with E-state index in [1.807, 2.05) is 21.1 Å². The first-order chi connectivity index (χ1) is 33.1. The number of carboxylic acids is 1. The van der Waals surface area contributed by atoms with E-state index < -0.39 is 18.1 Å². The zero-order valence-corrected chi connectivity index (χ0v) is 44.5. The summed E-state index contributed by atoms with van der Waals surface area (Å²) in [7, 11) is 5.52. The number of ether oxygens (including phenoxy) is 3. The number of rotatable bonds is 49. The van der Waals surface area contributed by atoms with Crippen LogP contribution in [0.1, 0.15) is 226 Å². The molecular weight excluding hydrogens is 847 g/mol. The van der Waals surface area contributed by atoms with Crippen molar-refractivity contribution in [2.24, 2.45) is 0 Å². The number of hydrogen-bond acceptors (Lipinski definition) is 6. The molecule has 0 heterocycles. The first-order valence-corrected chi connectivity index (χ1v) is 27.6. The minimum Gasteiger partial charge on any atom is -0.477 e. The van der Waals surface area contributed by atoms with Gasteiger partial charge in [0.05, 0.1) is 34.4 Å². The van der Waals surface area contributed by atoms with E-state index in [0.29, 0.717) is 25.7 Å². The molecule has 0 aromatic carbocycles. The predicted molar refractivity (Wildman–Crippen MR) is 289 cm³/mol. The van der Waals surface area contributed by atoms with E-state index in [9.17, 15) is 19.5 Å². The first kappa shape index (κ1) is 64.5. The van der Waals surface area contributed by atoms with Gasteiger partial charge in [-0.2, -0.15) is 0 Å². The van der Waals surface area contributed by atoms with Crippen LogP contribution in [0.15, 0.2) is 85.1 Å². The number of carbonyl (C=O) groups is 3. The second-order valence-electron chi connectivity index (χ2n) is 19.5. The van der Waals surface area contributed by atoms with Gasteiger partial charge in [-0.25, -0.2) is 4.79 Å². The minimum absolute atomic E-state index is 0.0397. The normalized spacial score (nSPS) is 13.5. The summed E-state index contributed by atoms with van der Waals surface area (Å²) < 4.78 is 17.3. The molecule has 0 aromatic rings. The number of nitrogens with zero attached hydrogens (tertiary/aromatic N) is 1. The summed E-state index contributed by atoms with van der Waals surface area (Å²) in [5.74, 6) is -1.53. The van der Waals surface area contributed by atoms with Gasteiger partial charge in [0.2, 0.25) is 0 Å². The smallest absolute Gasteiger partial charge is 0.362 e. The van der Waals surface area contributed by atoms with Gasteiger partial charge in [-0.15, -0.1) is 0 Å². The summed E-state index contributed by atoms with van der Waals surface area (Å²) in [5.41, 5.74) is 0. The molecule has 68 heavy (non-hydrogen) atoms.